The molecule has 1 aromatic carbocycles. The average Bonchev–Trinajstić information content (AvgIpc) is 2.33. The van der Waals surface area contributed by atoms with Gasteiger partial charge in [-0.15, -0.1) is 0 Å². The Morgan fingerprint density at radius 1 is 1.58 bits per heavy atom. The second-order valence-corrected chi connectivity index (χ2v) is 6.07. The molecule has 2 N–H and O–H groups in total. The van der Waals surface area contributed by atoms with Crippen LogP contribution in [0, 0.1) is 11.7 Å². The molecule has 2 nitrogen and oxygen atoms in total. The van der Waals surface area contributed by atoms with E-state index in [1.807, 2.05) is 0 Å². The van der Waals surface area contributed by atoms with Crippen LogP contribution < -0.4 is 5.73 Å². The number of benzene rings is 1. The van der Waals surface area contributed by atoms with Crippen molar-refractivity contribution in [3.05, 3.63) is 34.6 Å². The van der Waals surface area contributed by atoms with Gasteiger partial charge in [0.2, 0.25) is 0 Å². The molecule has 0 radical (unpaired) electrons. The third kappa shape index (κ3) is 3.15. The van der Waals surface area contributed by atoms with Crippen LogP contribution in [0.4, 0.5) is 4.39 Å². The smallest absolute Gasteiger partial charge is 0.157 e. The molecule has 0 saturated heterocycles. The van der Waals surface area contributed by atoms with Gasteiger partial charge in [0.1, 0.15) is 5.82 Å². The fourth-order valence-electron chi connectivity index (χ4n) is 2.88. The number of halogens is 2. The fourth-order valence-corrected chi connectivity index (χ4v) is 3.11. The van der Waals surface area contributed by atoms with E-state index >= 15 is 0 Å². The standard InChI is InChI=1S/C15H19ClFNO/c1-10-4-3-7-15(18,9-10)14(19)8-11-12(16)5-2-6-13(11)17/h2,5-6,10H,3-4,7-9,18H2,1H3. The molecule has 1 aromatic rings. The summed E-state index contributed by atoms with van der Waals surface area (Å²) in [6.45, 7) is 2.10. The summed E-state index contributed by atoms with van der Waals surface area (Å²) in [6.07, 6.45) is 3.40. The van der Waals surface area contributed by atoms with E-state index in [1.54, 1.807) is 6.07 Å². The molecule has 0 aromatic heterocycles. The number of carbonyl (C=O) groups is 1. The van der Waals surface area contributed by atoms with Crippen molar-refractivity contribution in [1.82, 2.24) is 0 Å². The summed E-state index contributed by atoms with van der Waals surface area (Å²) in [5, 5.41) is 0.292. The molecule has 2 rings (SSSR count). The molecule has 2 atom stereocenters. The van der Waals surface area contributed by atoms with Crippen molar-refractivity contribution in [2.45, 2.75) is 44.6 Å². The molecule has 1 aliphatic carbocycles. The van der Waals surface area contributed by atoms with Crippen LogP contribution in [0.1, 0.15) is 38.2 Å². The number of Topliss-reactive ketones (excluding diaryl/α,β-unsaturated/α-hetero) is 1. The molecular formula is C15H19ClFNO. The summed E-state index contributed by atoms with van der Waals surface area (Å²) >= 11 is 5.95. The molecule has 0 heterocycles. The summed E-state index contributed by atoms with van der Waals surface area (Å²) in [5.74, 6) is -0.0989. The zero-order valence-corrected chi connectivity index (χ0v) is 11.8. The van der Waals surface area contributed by atoms with Gasteiger partial charge in [-0.25, -0.2) is 4.39 Å². The lowest BCUT2D eigenvalue weighted by Gasteiger charge is -2.35. The summed E-state index contributed by atoms with van der Waals surface area (Å²) < 4.78 is 13.7. The second kappa shape index (κ2) is 5.59. The molecule has 0 aliphatic heterocycles. The zero-order chi connectivity index (χ0) is 14.0. The molecule has 1 aliphatic rings. The Morgan fingerprint density at radius 3 is 2.95 bits per heavy atom. The molecule has 4 heteroatoms. The van der Waals surface area contributed by atoms with E-state index in [1.165, 1.54) is 12.1 Å². The zero-order valence-electron chi connectivity index (χ0n) is 11.1. The minimum atomic E-state index is -0.816. The Kier molecular flexibility index (Phi) is 4.26. The van der Waals surface area contributed by atoms with Crippen molar-refractivity contribution in [3.63, 3.8) is 0 Å². The first-order chi connectivity index (χ1) is 8.92. The molecule has 2 unspecified atom stereocenters. The van der Waals surface area contributed by atoms with Crippen molar-refractivity contribution in [3.8, 4) is 0 Å². The lowest BCUT2D eigenvalue weighted by Crippen LogP contribution is -2.51. The van der Waals surface area contributed by atoms with E-state index in [0.717, 1.165) is 12.8 Å². The van der Waals surface area contributed by atoms with Gasteiger partial charge in [0, 0.05) is 17.0 Å². The SMILES string of the molecule is CC1CCCC(N)(C(=O)Cc2c(F)cccc2Cl)C1. The van der Waals surface area contributed by atoms with Crippen molar-refractivity contribution in [1.29, 1.82) is 0 Å². The summed E-state index contributed by atoms with van der Waals surface area (Å²) in [7, 11) is 0. The number of hydrogen-bond acceptors (Lipinski definition) is 2. The highest BCUT2D eigenvalue weighted by Gasteiger charge is 2.37. The number of hydrogen-bond donors (Lipinski definition) is 1. The number of ketones is 1. The van der Waals surface area contributed by atoms with Gasteiger partial charge in [-0.1, -0.05) is 37.4 Å². The van der Waals surface area contributed by atoms with Gasteiger partial charge in [0.05, 0.1) is 5.54 Å². The van der Waals surface area contributed by atoms with E-state index in [9.17, 15) is 9.18 Å². The van der Waals surface area contributed by atoms with E-state index in [0.29, 0.717) is 23.8 Å². The maximum Gasteiger partial charge on any atom is 0.157 e. The topological polar surface area (TPSA) is 43.1 Å². The molecule has 0 amide bonds. The highest BCUT2D eigenvalue weighted by Crippen LogP contribution is 2.32. The Balaban J connectivity index is 2.17. The highest BCUT2D eigenvalue weighted by molar-refractivity contribution is 6.31. The molecule has 0 bridgehead atoms. The third-order valence-corrected chi connectivity index (χ3v) is 4.34. The van der Waals surface area contributed by atoms with Gasteiger partial charge < -0.3 is 5.73 Å². The van der Waals surface area contributed by atoms with Gasteiger partial charge in [0.25, 0.3) is 0 Å². The van der Waals surface area contributed by atoms with E-state index in [-0.39, 0.29) is 17.8 Å². The van der Waals surface area contributed by atoms with Gasteiger partial charge in [-0.3, -0.25) is 4.79 Å². The first-order valence-electron chi connectivity index (χ1n) is 6.67. The largest absolute Gasteiger partial charge is 0.319 e. The Bertz CT molecular complexity index is 471. The van der Waals surface area contributed by atoms with Crippen LogP contribution in [0.15, 0.2) is 18.2 Å². The molecule has 1 saturated carbocycles. The molecule has 104 valence electrons. The predicted molar refractivity (Wildman–Crippen MR) is 74.7 cm³/mol. The van der Waals surface area contributed by atoms with E-state index in [4.69, 9.17) is 17.3 Å². The van der Waals surface area contributed by atoms with Gasteiger partial charge in [0.15, 0.2) is 5.78 Å². The first kappa shape index (κ1) is 14.5. The fraction of sp³-hybridized carbons (Fsp3) is 0.533. The second-order valence-electron chi connectivity index (χ2n) is 5.66. The molecular weight excluding hydrogens is 265 g/mol. The van der Waals surface area contributed by atoms with Crippen LogP contribution in [0.25, 0.3) is 0 Å². The maximum atomic E-state index is 13.7. The third-order valence-electron chi connectivity index (χ3n) is 3.99. The van der Waals surface area contributed by atoms with Crippen molar-refractivity contribution < 1.29 is 9.18 Å². The van der Waals surface area contributed by atoms with Gasteiger partial charge in [-0.2, -0.15) is 0 Å². The normalized spacial score (nSPS) is 27.3. The molecule has 19 heavy (non-hydrogen) atoms. The number of carbonyl (C=O) groups excluding carboxylic acids is 1. The van der Waals surface area contributed by atoms with E-state index < -0.39 is 11.4 Å². The summed E-state index contributed by atoms with van der Waals surface area (Å²) in [4.78, 5) is 12.4. The monoisotopic (exact) mass is 283 g/mol. The van der Waals surface area contributed by atoms with Gasteiger partial charge >= 0.3 is 0 Å². The van der Waals surface area contributed by atoms with Crippen molar-refractivity contribution >= 4 is 17.4 Å². The quantitative estimate of drug-likeness (QED) is 0.923. The van der Waals surface area contributed by atoms with Crippen molar-refractivity contribution in [2.24, 2.45) is 11.7 Å². The minimum absolute atomic E-state index is 0.0191. The van der Waals surface area contributed by atoms with Crippen LogP contribution >= 0.6 is 11.6 Å². The first-order valence-corrected chi connectivity index (χ1v) is 7.05. The van der Waals surface area contributed by atoms with Crippen LogP contribution in [-0.2, 0) is 11.2 Å². The number of nitrogens with two attached hydrogens (primary N) is 1. The highest BCUT2D eigenvalue weighted by atomic mass is 35.5. The number of rotatable bonds is 3. The molecule has 0 spiro atoms. The lowest BCUT2D eigenvalue weighted by atomic mass is 9.73. The van der Waals surface area contributed by atoms with Gasteiger partial charge in [-0.05, 0) is 30.9 Å². The molecule has 1 fully saturated rings. The van der Waals surface area contributed by atoms with E-state index in [2.05, 4.69) is 6.92 Å². The Morgan fingerprint density at radius 2 is 2.32 bits per heavy atom. The van der Waals surface area contributed by atoms with Crippen LogP contribution in [0.5, 0.6) is 0 Å². The summed E-state index contributed by atoms with van der Waals surface area (Å²) in [5.41, 5.74) is 5.67. The van der Waals surface area contributed by atoms with Crippen molar-refractivity contribution in [2.75, 3.05) is 0 Å². The Hall–Kier alpha value is -0.930. The van der Waals surface area contributed by atoms with Crippen LogP contribution in [0.3, 0.4) is 0 Å². The van der Waals surface area contributed by atoms with Crippen LogP contribution in [-0.4, -0.2) is 11.3 Å². The maximum absolute atomic E-state index is 13.7. The predicted octanol–water partition coefficient (Wildman–Crippen LogP) is 3.50. The lowest BCUT2D eigenvalue weighted by molar-refractivity contribution is -0.125. The Labute approximate surface area is 118 Å². The minimum Gasteiger partial charge on any atom is -0.319 e. The van der Waals surface area contributed by atoms with Crippen LogP contribution in [0.2, 0.25) is 5.02 Å². The summed E-state index contributed by atoms with van der Waals surface area (Å²) in [6, 6.07) is 4.45. The average molecular weight is 284 g/mol.